The number of nitrogens with zero attached hydrogens (tertiary/aromatic N) is 1. The fraction of sp³-hybridized carbons (Fsp3) is 0.615. The van der Waals surface area contributed by atoms with Crippen LogP contribution in [-0.2, 0) is 11.5 Å². The van der Waals surface area contributed by atoms with Crippen LogP contribution in [0.25, 0.3) is 0 Å². The average molecular weight is 255 g/mol. The van der Waals surface area contributed by atoms with Crippen LogP contribution in [0, 0.1) is 0 Å². The molecule has 90 valence electrons. The normalized spacial score (nSPS) is 11.4. The molecule has 1 aromatic rings. The molecular formula is C13H21NS2. The summed E-state index contributed by atoms with van der Waals surface area (Å²) in [4.78, 5) is 4.68. The minimum Gasteiger partial charge on any atom is -0.256 e. The molecule has 0 aliphatic carbocycles. The van der Waals surface area contributed by atoms with E-state index in [1.54, 1.807) is 0 Å². The molecule has 16 heavy (non-hydrogen) atoms. The molecule has 1 nitrogen and oxygen atoms in total. The summed E-state index contributed by atoms with van der Waals surface area (Å²) >= 11 is 3.90. The highest BCUT2D eigenvalue weighted by Gasteiger charge is 2.02. The smallest absolute Gasteiger partial charge is 0.0506 e. The van der Waals surface area contributed by atoms with Crippen molar-refractivity contribution in [3.63, 3.8) is 0 Å². The van der Waals surface area contributed by atoms with Gasteiger partial charge in [0.2, 0.25) is 0 Å². The van der Waals surface area contributed by atoms with Gasteiger partial charge in [0.25, 0.3) is 0 Å². The van der Waals surface area contributed by atoms with Crippen molar-refractivity contribution >= 4 is 23.5 Å². The molecule has 0 fully saturated rings. The first kappa shape index (κ1) is 13.9. The van der Waals surface area contributed by atoms with Crippen molar-refractivity contribution in [2.75, 3.05) is 0 Å². The van der Waals surface area contributed by atoms with Crippen molar-refractivity contribution in [2.45, 2.75) is 49.7 Å². The number of hydrogen-bond donors (Lipinski definition) is 0. The van der Waals surface area contributed by atoms with E-state index in [1.165, 1.54) is 11.4 Å². The number of hydrogen-bond acceptors (Lipinski definition) is 3. The van der Waals surface area contributed by atoms with Crippen LogP contribution in [0.1, 0.15) is 39.1 Å². The van der Waals surface area contributed by atoms with E-state index in [2.05, 4.69) is 50.9 Å². The predicted octanol–water partition coefficient (Wildman–Crippen LogP) is 4.36. The number of pyridine rings is 1. The van der Waals surface area contributed by atoms with Crippen molar-refractivity contribution in [3.8, 4) is 0 Å². The summed E-state index contributed by atoms with van der Waals surface area (Å²) in [5.74, 6) is 2.05. The van der Waals surface area contributed by atoms with Crippen LogP contribution in [0.4, 0.5) is 0 Å². The number of rotatable bonds is 6. The average Bonchev–Trinajstić information content (AvgIpc) is 2.24. The zero-order valence-electron chi connectivity index (χ0n) is 10.6. The van der Waals surface area contributed by atoms with E-state index in [-0.39, 0.29) is 0 Å². The second-order valence-corrected chi connectivity index (χ2v) is 7.47. The van der Waals surface area contributed by atoms with Gasteiger partial charge in [-0.25, -0.2) is 0 Å². The molecule has 1 heterocycles. The monoisotopic (exact) mass is 255 g/mol. The Hall–Kier alpha value is -0.150. The standard InChI is InChI=1S/C13H21NS2/c1-10(2)15-8-12-6-5-7-13(14-12)9-16-11(3)4/h5-7,10-11H,8-9H2,1-4H3. The summed E-state index contributed by atoms with van der Waals surface area (Å²) in [6.45, 7) is 8.90. The molecule has 0 spiro atoms. The van der Waals surface area contributed by atoms with Crippen molar-refractivity contribution in [1.29, 1.82) is 0 Å². The summed E-state index contributed by atoms with van der Waals surface area (Å²) in [6.07, 6.45) is 0. The van der Waals surface area contributed by atoms with Gasteiger partial charge in [-0.1, -0.05) is 33.8 Å². The molecule has 0 unspecified atom stereocenters. The molecule has 0 amide bonds. The van der Waals surface area contributed by atoms with Crippen LogP contribution in [0.15, 0.2) is 18.2 Å². The van der Waals surface area contributed by atoms with Crippen LogP contribution < -0.4 is 0 Å². The van der Waals surface area contributed by atoms with Gasteiger partial charge in [-0.05, 0) is 22.6 Å². The van der Waals surface area contributed by atoms with Gasteiger partial charge in [-0.2, -0.15) is 23.5 Å². The van der Waals surface area contributed by atoms with E-state index in [9.17, 15) is 0 Å². The van der Waals surface area contributed by atoms with Crippen LogP contribution in [-0.4, -0.2) is 15.5 Å². The third kappa shape index (κ3) is 5.80. The molecule has 1 aromatic heterocycles. The molecule has 0 saturated carbocycles. The summed E-state index contributed by atoms with van der Waals surface area (Å²) in [5, 5.41) is 1.35. The lowest BCUT2D eigenvalue weighted by molar-refractivity contribution is 1.06. The molecule has 0 aliphatic heterocycles. The van der Waals surface area contributed by atoms with Gasteiger partial charge in [0.1, 0.15) is 0 Å². The van der Waals surface area contributed by atoms with Crippen molar-refractivity contribution in [2.24, 2.45) is 0 Å². The van der Waals surface area contributed by atoms with E-state index in [0.29, 0.717) is 10.5 Å². The highest BCUT2D eigenvalue weighted by atomic mass is 32.2. The first-order valence-corrected chi connectivity index (χ1v) is 7.85. The van der Waals surface area contributed by atoms with Gasteiger partial charge >= 0.3 is 0 Å². The highest BCUT2D eigenvalue weighted by Crippen LogP contribution is 2.18. The number of thioether (sulfide) groups is 2. The lowest BCUT2D eigenvalue weighted by atomic mass is 10.3. The zero-order valence-corrected chi connectivity index (χ0v) is 12.2. The first-order chi connectivity index (χ1) is 7.58. The molecule has 0 atom stereocenters. The maximum atomic E-state index is 4.68. The van der Waals surface area contributed by atoms with Crippen LogP contribution >= 0.6 is 23.5 Å². The lowest BCUT2D eigenvalue weighted by Gasteiger charge is -2.07. The third-order valence-electron chi connectivity index (χ3n) is 1.99. The molecule has 0 aromatic carbocycles. The van der Waals surface area contributed by atoms with E-state index in [4.69, 9.17) is 0 Å². The van der Waals surface area contributed by atoms with E-state index < -0.39 is 0 Å². The summed E-state index contributed by atoms with van der Waals surface area (Å²) in [7, 11) is 0. The van der Waals surface area contributed by atoms with Crippen molar-refractivity contribution < 1.29 is 0 Å². The fourth-order valence-corrected chi connectivity index (χ4v) is 2.52. The summed E-state index contributed by atoms with van der Waals surface area (Å²) in [5.41, 5.74) is 2.42. The Morgan fingerprint density at radius 3 is 1.75 bits per heavy atom. The largest absolute Gasteiger partial charge is 0.256 e. The Bertz CT molecular complexity index is 283. The third-order valence-corrected chi connectivity index (χ3v) is 4.25. The quantitative estimate of drug-likeness (QED) is 0.749. The molecule has 3 heteroatoms. The Balaban J connectivity index is 2.50. The summed E-state index contributed by atoms with van der Waals surface area (Å²) in [6, 6.07) is 6.37. The van der Waals surface area contributed by atoms with Gasteiger partial charge in [0.05, 0.1) is 11.4 Å². The zero-order chi connectivity index (χ0) is 12.0. The predicted molar refractivity (Wildman–Crippen MR) is 77.1 cm³/mol. The topological polar surface area (TPSA) is 12.9 Å². The first-order valence-electron chi connectivity index (χ1n) is 5.76. The van der Waals surface area contributed by atoms with Gasteiger partial charge in [-0.3, -0.25) is 4.98 Å². The Kier molecular flexibility index (Phi) is 6.29. The van der Waals surface area contributed by atoms with Gasteiger partial charge < -0.3 is 0 Å². The fourth-order valence-electron chi connectivity index (χ4n) is 1.19. The van der Waals surface area contributed by atoms with Crippen LogP contribution in [0.5, 0.6) is 0 Å². The van der Waals surface area contributed by atoms with Gasteiger partial charge in [0.15, 0.2) is 0 Å². The molecule has 0 aliphatic rings. The van der Waals surface area contributed by atoms with E-state index in [0.717, 1.165) is 11.5 Å². The molecule has 0 radical (unpaired) electrons. The van der Waals surface area contributed by atoms with Crippen molar-refractivity contribution in [3.05, 3.63) is 29.6 Å². The van der Waals surface area contributed by atoms with Crippen LogP contribution in [0.3, 0.4) is 0 Å². The minimum absolute atomic E-state index is 0.676. The molecule has 0 bridgehead atoms. The van der Waals surface area contributed by atoms with Gasteiger partial charge in [0, 0.05) is 11.5 Å². The lowest BCUT2D eigenvalue weighted by Crippen LogP contribution is -1.96. The molecule has 1 rings (SSSR count). The SMILES string of the molecule is CC(C)SCc1cccc(CSC(C)C)n1. The Morgan fingerprint density at radius 1 is 0.938 bits per heavy atom. The van der Waals surface area contributed by atoms with E-state index >= 15 is 0 Å². The maximum Gasteiger partial charge on any atom is 0.0506 e. The molecule has 0 N–H and O–H groups in total. The number of aromatic nitrogens is 1. The van der Waals surface area contributed by atoms with Crippen molar-refractivity contribution in [1.82, 2.24) is 4.98 Å². The Labute approximate surface area is 108 Å². The van der Waals surface area contributed by atoms with Crippen LogP contribution in [0.2, 0.25) is 0 Å². The maximum absolute atomic E-state index is 4.68. The Morgan fingerprint density at radius 2 is 1.38 bits per heavy atom. The second kappa shape index (κ2) is 7.23. The summed E-state index contributed by atoms with van der Waals surface area (Å²) < 4.78 is 0. The molecular weight excluding hydrogens is 234 g/mol. The second-order valence-electron chi connectivity index (χ2n) is 4.34. The van der Waals surface area contributed by atoms with Gasteiger partial charge in [-0.15, -0.1) is 0 Å². The highest BCUT2D eigenvalue weighted by molar-refractivity contribution is 7.99. The van der Waals surface area contributed by atoms with E-state index in [1.807, 2.05) is 23.5 Å². The molecule has 0 saturated heterocycles. The minimum atomic E-state index is 0.676.